The summed E-state index contributed by atoms with van der Waals surface area (Å²) in [7, 11) is 1.66. The molecule has 0 radical (unpaired) electrons. The molecule has 0 N–H and O–H groups in total. The van der Waals surface area contributed by atoms with E-state index in [1.54, 1.807) is 19.4 Å². The van der Waals surface area contributed by atoms with Gasteiger partial charge in [-0.2, -0.15) is 0 Å². The van der Waals surface area contributed by atoms with E-state index in [1.807, 2.05) is 4.90 Å². The molecule has 98 valence electrons. The van der Waals surface area contributed by atoms with Gasteiger partial charge in [0.25, 0.3) is 11.5 Å². The standard InChI is InChI=1S/C12H15F2N3O/c1-16-7-4-15-9(10(16)18)17-5-2-11(3-6-17)8-12(11,13)14/h4,7H,2-3,5-6,8H2,1H3. The highest BCUT2D eigenvalue weighted by molar-refractivity contribution is 5.37. The number of hydrogen-bond donors (Lipinski definition) is 0. The number of alkyl halides is 2. The molecule has 0 amide bonds. The third kappa shape index (κ3) is 1.54. The Balaban J connectivity index is 1.78. The highest BCUT2D eigenvalue weighted by Gasteiger charge is 2.70. The molecular formula is C12H15F2N3O. The van der Waals surface area contributed by atoms with Gasteiger partial charge in [0.2, 0.25) is 0 Å². The zero-order valence-electron chi connectivity index (χ0n) is 10.2. The van der Waals surface area contributed by atoms with E-state index in [1.165, 1.54) is 4.57 Å². The van der Waals surface area contributed by atoms with Crippen LogP contribution in [0.1, 0.15) is 19.3 Å². The molecule has 2 aliphatic rings. The second-order valence-corrected chi connectivity index (χ2v) is 5.32. The summed E-state index contributed by atoms with van der Waals surface area (Å²) in [5.74, 6) is -2.12. The number of nitrogens with zero attached hydrogens (tertiary/aromatic N) is 3. The summed E-state index contributed by atoms with van der Waals surface area (Å²) in [6.45, 7) is 0.976. The highest BCUT2D eigenvalue weighted by Crippen LogP contribution is 2.65. The van der Waals surface area contributed by atoms with Crippen molar-refractivity contribution in [2.75, 3.05) is 18.0 Å². The fourth-order valence-electron chi connectivity index (χ4n) is 2.77. The Morgan fingerprint density at radius 1 is 1.33 bits per heavy atom. The van der Waals surface area contributed by atoms with E-state index >= 15 is 0 Å². The second kappa shape index (κ2) is 3.52. The van der Waals surface area contributed by atoms with Crippen LogP contribution < -0.4 is 10.5 Å². The SMILES string of the molecule is Cn1ccnc(N2CCC3(CC2)CC3(F)F)c1=O. The number of halogens is 2. The lowest BCUT2D eigenvalue weighted by Crippen LogP contribution is -2.40. The Kier molecular flexibility index (Phi) is 2.27. The van der Waals surface area contributed by atoms with Gasteiger partial charge >= 0.3 is 0 Å². The van der Waals surface area contributed by atoms with Crippen molar-refractivity contribution in [2.24, 2.45) is 12.5 Å². The summed E-state index contributed by atoms with van der Waals surface area (Å²) in [6.07, 6.45) is 4.05. The number of aryl methyl sites for hydroxylation is 1. The molecule has 0 atom stereocenters. The van der Waals surface area contributed by atoms with Crippen LogP contribution in [0.3, 0.4) is 0 Å². The minimum Gasteiger partial charge on any atom is -0.352 e. The number of rotatable bonds is 1. The summed E-state index contributed by atoms with van der Waals surface area (Å²) in [6, 6.07) is 0. The van der Waals surface area contributed by atoms with Gasteiger partial charge in [-0.05, 0) is 12.8 Å². The fraction of sp³-hybridized carbons (Fsp3) is 0.667. The van der Waals surface area contributed by atoms with Crippen molar-refractivity contribution >= 4 is 5.82 Å². The van der Waals surface area contributed by atoms with E-state index in [4.69, 9.17) is 0 Å². The summed E-state index contributed by atoms with van der Waals surface area (Å²) in [5.41, 5.74) is -0.959. The van der Waals surface area contributed by atoms with E-state index in [2.05, 4.69) is 4.98 Å². The van der Waals surface area contributed by atoms with Crippen LogP contribution in [-0.4, -0.2) is 28.6 Å². The Labute approximate surface area is 103 Å². The highest BCUT2D eigenvalue weighted by atomic mass is 19.3. The van der Waals surface area contributed by atoms with Crippen LogP contribution in [0.25, 0.3) is 0 Å². The summed E-state index contributed by atoms with van der Waals surface area (Å²) in [5, 5.41) is 0. The number of hydrogen-bond acceptors (Lipinski definition) is 3. The lowest BCUT2D eigenvalue weighted by atomic mass is 9.93. The van der Waals surface area contributed by atoms with E-state index in [0.29, 0.717) is 31.7 Å². The van der Waals surface area contributed by atoms with Crippen molar-refractivity contribution in [3.8, 4) is 0 Å². The molecule has 2 fully saturated rings. The first-order valence-electron chi connectivity index (χ1n) is 6.10. The van der Waals surface area contributed by atoms with E-state index in [0.717, 1.165) is 0 Å². The van der Waals surface area contributed by atoms with Crippen LogP contribution in [0.4, 0.5) is 14.6 Å². The lowest BCUT2D eigenvalue weighted by Gasteiger charge is -2.32. The van der Waals surface area contributed by atoms with Gasteiger partial charge in [0.1, 0.15) is 0 Å². The Morgan fingerprint density at radius 3 is 2.50 bits per heavy atom. The maximum absolute atomic E-state index is 13.2. The van der Waals surface area contributed by atoms with Crippen molar-refractivity contribution in [1.29, 1.82) is 0 Å². The molecule has 1 aromatic rings. The first-order chi connectivity index (χ1) is 8.45. The molecule has 1 saturated heterocycles. The van der Waals surface area contributed by atoms with Gasteiger partial charge in [-0.3, -0.25) is 4.79 Å². The molecule has 6 heteroatoms. The molecule has 1 saturated carbocycles. The summed E-state index contributed by atoms with van der Waals surface area (Å²) >= 11 is 0. The third-order valence-electron chi connectivity index (χ3n) is 4.23. The molecule has 1 aromatic heterocycles. The smallest absolute Gasteiger partial charge is 0.293 e. The van der Waals surface area contributed by atoms with E-state index in [9.17, 15) is 13.6 Å². The Morgan fingerprint density at radius 2 is 1.94 bits per heavy atom. The molecule has 2 heterocycles. The van der Waals surface area contributed by atoms with Gasteiger partial charge in [-0.15, -0.1) is 0 Å². The monoisotopic (exact) mass is 255 g/mol. The van der Waals surface area contributed by atoms with Crippen LogP contribution in [-0.2, 0) is 7.05 Å². The molecule has 1 aliphatic heterocycles. The average Bonchev–Trinajstić information content (AvgIpc) is 2.85. The van der Waals surface area contributed by atoms with E-state index < -0.39 is 11.3 Å². The normalized spacial score (nSPS) is 24.3. The van der Waals surface area contributed by atoms with Crippen LogP contribution >= 0.6 is 0 Å². The quantitative estimate of drug-likeness (QED) is 0.761. The predicted molar refractivity (Wildman–Crippen MR) is 62.9 cm³/mol. The minimum absolute atomic E-state index is 0.00800. The zero-order valence-corrected chi connectivity index (χ0v) is 10.2. The van der Waals surface area contributed by atoms with Crippen molar-refractivity contribution in [1.82, 2.24) is 9.55 Å². The molecule has 0 aromatic carbocycles. The van der Waals surface area contributed by atoms with Crippen LogP contribution in [0, 0.1) is 5.41 Å². The number of piperidine rings is 1. The van der Waals surface area contributed by atoms with Crippen LogP contribution in [0.15, 0.2) is 17.2 Å². The maximum atomic E-state index is 13.2. The Bertz CT molecular complexity index is 532. The maximum Gasteiger partial charge on any atom is 0.293 e. The third-order valence-corrected chi connectivity index (χ3v) is 4.23. The van der Waals surface area contributed by atoms with Gasteiger partial charge in [0, 0.05) is 44.4 Å². The zero-order chi connectivity index (χ0) is 13.0. The molecular weight excluding hydrogens is 240 g/mol. The van der Waals surface area contributed by atoms with Gasteiger partial charge in [-0.25, -0.2) is 13.8 Å². The second-order valence-electron chi connectivity index (χ2n) is 5.32. The topological polar surface area (TPSA) is 38.1 Å². The fourth-order valence-corrected chi connectivity index (χ4v) is 2.77. The van der Waals surface area contributed by atoms with Crippen molar-refractivity contribution in [3.05, 3.63) is 22.7 Å². The molecule has 1 aliphatic carbocycles. The molecule has 1 spiro atoms. The van der Waals surface area contributed by atoms with Gasteiger partial charge in [0.05, 0.1) is 0 Å². The van der Waals surface area contributed by atoms with Crippen LogP contribution in [0.5, 0.6) is 0 Å². The van der Waals surface area contributed by atoms with Crippen LogP contribution in [0.2, 0.25) is 0 Å². The molecule has 4 nitrogen and oxygen atoms in total. The average molecular weight is 255 g/mol. The van der Waals surface area contributed by atoms with Gasteiger partial charge in [0.15, 0.2) is 5.82 Å². The van der Waals surface area contributed by atoms with Crippen molar-refractivity contribution < 1.29 is 8.78 Å². The largest absolute Gasteiger partial charge is 0.352 e. The first-order valence-corrected chi connectivity index (χ1v) is 6.10. The predicted octanol–water partition coefficient (Wildman–Crippen LogP) is 1.41. The first kappa shape index (κ1) is 11.6. The number of aromatic nitrogens is 2. The Hall–Kier alpha value is -1.46. The molecule has 0 unspecified atom stereocenters. The van der Waals surface area contributed by atoms with Gasteiger partial charge < -0.3 is 9.47 Å². The van der Waals surface area contributed by atoms with Gasteiger partial charge in [-0.1, -0.05) is 0 Å². The molecule has 18 heavy (non-hydrogen) atoms. The summed E-state index contributed by atoms with van der Waals surface area (Å²) in [4.78, 5) is 17.8. The van der Waals surface area contributed by atoms with Crippen molar-refractivity contribution in [3.63, 3.8) is 0 Å². The number of anilines is 1. The summed E-state index contributed by atoms with van der Waals surface area (Å²) < 4.78 is 27.9. The van der Waals surface area contributed by atoms with Crippen molar-refractivity contribution in [2.45, 2.75) is 25.2 Å². The molecule has 3 rings (SSSR count). The molecule has 0 bridgehead atoms. The lowest BCUT2D eigenvalue weighted by molar-refractivity contribution is 0.0536. The van der Waals surface area contributed by atoms with E-state index in [-0.39, 0.29) is 12.0 Å². The minimum atomic E-state index is -2.49.